The Bertz CT molecular complexity index is 626. The standard InChI is InChI=1S/C18H31N5O3/c1-17(2)13-23(12-16(24)19-15-4-6-21(3)20-15)7-5-18(17,25)14-22-8-10-26-11-9-22/h4,6,25H,5,7-14H2,1-3H3,(H,19,20,24)/t18-/m1/s1. The lowest BCUT2D eigenvalue weighted by atomic mass is 9.69. The molecule has 2 aliphatic heterocycles. The average Bonchev–Trinajstić information content (AvgIpc) is 2.97. The lowest BCUT2D eigenvalue weighted by molar-refractivity contribution is -0.143. The van der Waals surface area contributed by atoms with Crippen LogP contribution in [0.4, 0.5) is 5.82 Å². The van der Waals surface area contributed by atoms with Gasteiger partial charge in [0.1, 0.15) is 0 Å². The van der Waals surface area contributed by atoms with Crippen molar-refractivity contribution < 1.29 is 14.6 Å². The van der Waals surface area contributed by atoms with E-state index in [1.807, 2.05) is 7.05 Å². The number of nitrogens with zero attached hydrogens (tertiary/aromatic N) is 4. The van der Waals surface area contributed by atoms with Gasteiger partial charge in [0.2, 0.25) is 5.91 Å². The number of nitrogens with one attached hydrogen (secondary N) is 1. The molecule has 1 aromatic rings. The Balaban J connectivity index is 1.54. The molecule has 0 aliphatic carbocycles. The predicted octanol–water partition coefficient (Wildman–Crippen LogP) is 0.154. The number of amides is 1. The maximum atomic E-state index is 12.3. The quantitative estimate of drug-likeness (QED) is 0.773. The van der Waals surface area contributed by atoms with Crippen LogP contribution in [0, 0.1) is 5.41 Å². The first-order valence-corrected chi connectivity index (χ1v) is 9.32. The zero-order valence-electron chi connectivity index (χ0n) is 16.1. The predicted molar refractivity (Wildman–Crippen MR) is 98.9 cm³/mol. The summed E-state index contributed by atoms with van der Waals surface area (Å²) < 4.78 is 7.06. The van der Waals surface area contributed by atoms with E-state index in [1.54, 1.807) is 16.9 Å². The van der Waals surface area contributed by atoms with Crippen LogP contribution in [-0.4, -0.2) is 88.7 Å². The van der Waals surface area contributed by atoms with Crippen LogP contribution in [0.2, 0.25) is 0 Å². The number of rotatable bonds is 5. The number of morpholine rings is 1. The van der Waals surface area contributed by atoms with Crippen molar-refractivity contribution in [3.63, 3.8) is 0 Å². The number of aromatic nitrogens is 2. The number of aryl methyl sites for hydroxylation is 1. The van der Waals surface area contributed by atoms with Crippen LogP contribution in [0.15, 0.2) is 12.3 Å². The molecule has 26 heavy (non-hydrogen) atoms. The lowest BCUT2D eigenvalue weighted by Crippen LogP contribution is -2.63. The van der Waals surface area contributed by atoms with Gasteiger partial charge in [0.25, 0.3) is 0 Å². The van der Waals surface area contributed by atoms with E-state index >= 15 is 0 Å². The van der Waals surface area contributed by atoms with Gasteiger partial charge in [-0.25, -0.2) is 0 Å². The third kappa shape index (κ3) is 4.43. The third-order valence-corrected chi connectivity index (χ3v) is 5.66. The first-order valence-electron chi connectivity index (χ1n) is 9.32. The van der Waals surface area contributed by atoms with Crippen molar-refractivity contribution in [1.82, 2.24) is 19.6 Å². The van der Waals surface area contributed by atoms with Gasteiger partial charge in [-0.15, -0.1) is 0 Å². The van der Waals surface area contributed by atoms with Crippen molar-refractivity contribution in [3.8, 4) is 0 Å². The number of likely N-dealkylation sites (tertiary alicyclic amines) is 1. The zero-order valence-corrected chi connectivity index (χ0v) is 16.1. The number of piperidine rings is 1. The topological polar surface area (TPSA) is 82.9 Å². The Morgan fingerprint density at radius 3 is 2.65 bits per heavy atom. The molecule has 8 nitrogen and oxygen atoms in total. The Labute approximate surface area is 155 Å². The third-order valence-electron chi connectivity index (χ3n) is 5.66. The van der Waals surface area contributed by atoms with Crippen molar-refractivity contribution in [2.45, 2.75) is 25.9 Å². The summed E-state index contributed by atoms with van der Waals surface area (Å²) in [6.45, 7) is 9.76. The van der Waals surface area contributed by atoms with Crippen molar-refractivity contribution in [2.75, 3.05) is 57.8 Å². The summed E-state index contributed by atoms with van der Waals surface area (Å²) in [7, 11) is 1.82. The smallest absolute Gasteiger partial charge is 0.239 e. The summed E-state index contributed by atoms with van der Waals surface area (Å²) in [5.74, 6) is 0.496. The summed E-state index contributed by atoms with van der Waals surface area (Å²) >= 11 is 0. The number of carbonyl (C=O) groups is 1. The second-order valence-corrected chi connectivity index (χ2v) is 8.19. The molecule has 1 atom stereocenters. The van der Waals surface area contributed by atoms with E-state index in [4.69, 9.17) is 4.74 Å². The Kier molecular flexibility index (Phi) is 5.67. The van der Waals surface area contributed by atoms with E-state index in [2.05, 4.69) is 34.1 Å². The first-order chi connectivity index (χ1) is 12.3. The number of β-amino-alcohol motifs (C(OH)–C–C–N with tert-alkyl or cyclic N) is 1. The molecule has 2 saturated heterocycles. The number of carbonyl (C=O) groups excluding carboxylic acids is 1. The molecule has 1 amide bonds. The summed E-state index contributed by atoms with van der Waals surface area (Å²) in [6.07, 6.45) is 2.46. The maximum absolute atomic E-state index is 12.3. The van der Waals surface area contributed by atoms with Crippen LogP contribution in [0.5, 0.6) is 0 Å². The monoisotopic (exact) mass is 365 g/mol. The van der Waals surface area contributed by atoms with Crippen LogP contribution < -0.4 is 5.32 Å². The summed E-state index contributed by atoms with van der Waals surface area (Å²) in [5.41, 5.74) is -1.05. The van der Waals surface area contributed by atoms with E-state index < -0.39 is 5.60 Å². The van der Waals surface area contributed by atoms with Gasteiger partial charge in [-0.1, -0.05) is 13.8 Å². The minimum atomic E-state index is -0.752. The lowest BCUT2D eigenvalue weighted by Gasteiger charge is -2.52. The molecule has 146 valence electrons. The molecular formula is C18H31N5O3. The average molecular weight is 365 g/mol. The van der Waals surface area contributed by atoms with Crippen molar-refractivity contribution in [2.24, 2.45) is 12.5 Å². The highest BCUT2D eigenvalue weighted by Crippen LogP contribution is 2.39. The van der Waals surface area contributed by atoms with Crippen molar-refractivity contribution in [1.29, 1.82) is 0 Å². The molecular weight excluding hydrogens is 334 g/mol. The number of hydrogen-bond acceptors (Lipinski definition) is 6. The summed E-state index contributed by atoms with van der Waals surface area (Å²) in [4.78, 5) is 16.7. The van der Waals surface area contributed by atoms with Crippen LogP contribution in [0.3, 0.4) is 0 Å². The molecule has 2 N–H and O–H groups in total. The largest absolute Gasteiger partial charge is 0.388 e. The van der Waals surface area contributed by atoms with E-state index in [9.17, 15) is 9.90 Å². The molecule has 3 rings (SSSR count). The Hall–Kier alpha value is -1.48. The zero-order chi connectivity index (χ0) is 18.8. The second-order valence-electron chi connectivity index (χ2n) is 8.19. The summed E-state index contributed by atoms with van der Waals surface area (Å²) in [6, 6.07) is 1.78. The highest BCUT2D eigenvalue weighted by Gasteiger charge is 2.48. The second kappa shape index (κ2) is 7.64. The van der Waals surface area contributed by atoms with Crippen molar-refractivity contribution >= 4 is 11.7 Å². The molecule has 0 bridgehead atoms. The minimum absolute atomic E-state index is 0.0712. The minimum Gasteiger partial charge on any atom is -0.388 e. The van der Waals surface area contributed by atoms with Crippen molar-refractivity contribution in [3.05, 3.63) is 12.3 Å². The number of anilines is 1. The van der Waals surface area contributed by atoms with Gasteiger partial charge in [-0.3, -0.25) is 19.3 Å². The highest BCUT2D eigenvalue weighted by molar-refractivity contribution is 5.91. The fraction of sp³-hybridized carbons (Fsp3) is 0.778. The molecule has 0 saturated carbocycles. The van der Waals surface area contributed by atoms with Gasteiger partial charge in [0.15, 0.2) is 5.82 Å². The molecule has 2 fully saturated rings. The van der Waals surface area contributed by atoms with E-state index in [1.165, 1.54) is 0 Å². The SMILES string of the molecule is Cn1ccc(NC(=O)CN2CC[C@@](O)(CN3CCOCC3)C(C)(C)C2)n1. The molecule has 0 aromatic carbocycles. The van der Waals surface area contributed by atoms with E-state index in [0.717, 1.165) is 26.3 Å². The molecule has 1 aromatic heterocycles. The van der Waals surface area contributed by atoms with Gasteiger partial charge in [-0.2, -0.15) is 5.10 Å². The fourth-order valence-corrected chi connectivity index (χ4v) is 3.89. The van der Waals surface area contributed by atoms with Crippen LogP contribution in [0.25, 0.3) is 0 Å². The molecule has 3 heterocycles. The molecule has 0 spiro atoms. The van der Waals surface area contributed by atoms with Gasteiger partial charge in [0.05, 0.1) is 25.4 Å². The molecule has 0 radical (unpaired) electrons. The number of hydrogen-bond donors (Lipinski definition) is 2. The van der Waals surface area contributed by atoms with Gasteiger partial charge >= 0.3 is 0 Å². The van der Waals surface area contributed by atoms with Crippen LogP contribution in [0.1, 0.15) is 20.3 Å². The van der Waals surface area contributed by atoms with Gasteiger partial charge in [0, 0.05) is 57.4 Å². The normalized spacial score (nSPS) is 27.4. The first kappa shape index (κ1) is 19.3. The Morgan fingerprint density at radius 2 is 2.04 bits per heavy atom. The van der Waals surface area contributed by atoms with Gasteiger partial charge in [-0.05, 0) is 6.42 Å². The fourth-order valence-electron chi connectivity index (χ4n) is 3.89. The molecule has 2 aliphatic rings. The maximum Gasteiger partial charge on any atom is 0.239 e. The highest BCUT2D eigenvalue weighted by atomic mass is 16.5. The number of ether oxygens (including phenoxy) is 1. The molecule has 8 heteroatoms. The van der Waals surface area contributed by atoms with Crippen LogP contribution >= 0.6 is 0 Å². The van der Waals surface area contributed by atoms with E-state index in [0.29, 0.717) is 38.4 Å². The summed E-state index contributed by atoms with van der Waals surface area (Å²) in [5, 5.41) is 18.3. The van der Waals surface area contributed by atoms with Gasteiger partial charge < -0.3 is 15.2 Å². The van der Waals surface area contributed by atoms with E-state index in [-0.39, 0.29) is 11.3 Å². The Morgan fingerprint density at radius 1 is 1.31 bits per heavy atom. The number of aliphatic hydroxyl groups is 1. The van der Waals surface area contributed by atoms with Crippen LogP contribution in [-0.2, 0) is 16.6 Å². The molecule has 0 unspecified atom stereocenters.